The van der Waals surface area contributed by atoms with Gasteiger partial charge in [-0.2, -0.15) is 12.6 Å². The van der Waals surface area contributed by atoms with E-state index in [2.05, 4.69) is 12.6 Å². The first kappa shape index (κ1) is 16.5. The molecule has 0 aliphatic heterocycles. The molecular weight excluding hydrogens is 258 g/mol. The number of hydrogen-bond donors (Lipinski definition) is 1. The molecule has 17 heavy (non-hydrogen) atoms. The summed E-state index contributed by atoms with van der Waals surface area (Å²) < 4.78 is 10.3. The van der Waals surface area contributed by atoms with Crippen LogP contribution in [0.2, 0.25) is 0 Å². The summed E-state index contributed by atoms with van der Waals surface area (Å²) in [7, 11) is 1.49. The summed E-state index contributed by atoms with van der Waals surface area (Å²) >= 11 is 9.25. The van der Waals surface area contributed by atoms with E-state index in [9.17, 15) is 4.79 Å². The molecule has 6 heteroatoms. The maximum absolute atomic E-state index is 12.0. The summed E-state index contributed by atoms with van der Waals surface area (Å²) in [5.74, 6) is 0.403. The summed E-state index contributed by atoms with van der Waals surface area (Å²) in [6, 6.07) is -0.349. The Morgan fingerprint density at radius 3 is 2.29 bits per heavy atom. The Hall–Kier alpha value is -0.490. The van der Waals surface area contributed by atoms with Gasteiger partial charge < -0.3 is 9.47 Å². The number of thiol groups is 1. The molecule has 0 saturated carbocycles. The van der Waals surface area contributed by atoms with Gasteiger partial charge in [0.15, 0.2) is 5.05 Å². The van der Waals surface area contributed by atoms with E-state index in [1.807, 2.05) is 27.7 Å². The third-order valence-corrected chi connectivity index (χ3v) is 2.78. The molecule has 100 valence electrons. The molecule has 0 aromatic rings. The molecule has 0 aliphatic rings. The molecule has 1 amide bonds. The Morgan fingerprint density at radius 2 is 2.00 bits per heavy atom. The smallest absolute Gasteiger partial charge is 0.410 e. The van der Waals surface area contributed by atoms with Crippen molar-refractivity contribution in [2.75, 3.05) is 19.4 Å². The Balaban J connectivity index is 4.80. The van der Waals surface area contributed by atoms with E-state index in [0.717, 1.165) is 0 Å². The quantitative estimate of drug-likeness (QED) is 0.634. The van der Waals surface area contributed by atoms with Crippen LogP contribution in [0.1, 0.15) is 27.7 Å². The average Bonchev–Trinajstić information content (AvgIpc) is 2.21. The van der Waals surface area contributed by atoms with E-state index >= 15 is 0 Å². The number of thiocarbonyl (C=S) groups is 1. The van der Waals surface area contributed by atoms with Crippen molar-refractivity contribution in [3.8, 4) is 0 Å². The lowest BCUT2D eigenvalue weighted by Gasteiger charge is -2.31. The zero-order valence-corrected chi connectivity index (χ0v) is 12.7. The molecule has 1 atom stereocenters. The number of carbonyl (C=O) groups excluding carboxylic acids is 1. The van der Waals surface area contributed by atoms with Crippen LogP contribution in [0, 0.1) is 0 Å². The Morgan fingerprint density at radius 1 is 1.47 bits per heavy atom. The molecule has 0 saturated heterocycles. The highest BCUT2D eigenvalue weighted by Gasteiger charge is 2.29. The Bertz CT molecular complexity index is 276. The second-order valence-electron chi connectivity index (χ2n) is 4.49. The fourth-order valence-electron chi connectivity index (χ4n) is 1.23. The number of nitrogens with zero attached hydrogens (tertiary/aromatic N) is 1. The third kappa shape index (κ3) is 5.59. The number of methoxy groups -OCH3 is 1. The van der Waals surface area contributed by atoms with Gasteiger partial charge in [0.2, 0.25) is 0 Å². The van der Waals surface area contributed by atoms with Crippen LogP contribution in [0.15, 0.2) is 0 Å². The molecule has 0 N–H and O–H groups in total. The normalized spacial score (nSPS) is 12.8. The summed E-state index contributed by atoms with van der Waals surface area (Å²) in [5, 5.41) is 0.340. The van der Waals surface area contributed by atoms with Crippen molar-refractivity contribution >= 4 is 36.0 Å². The second-order valence-corrected chi connectivity index (χ2v) is 5.26. The van der Waals surface area contributed by atoms with Crippen molar-refractivity contribution in [3.63, 3.8) is 0 Å². The monoisotopic (exact) mass is 279 g/mol. The van der Waals surface area contributed by atoms with Crippen LogP contribution in [0.4, 0.5) is 4.79 Å². The first-order chi connectivity index (χ1) is 7.76. The van der Waals surface area contributed by atoms with Crippen LogP contribution >= 0.6 is 24.8 Å². The first-order valence-corrected chi connectivity index (χ1v) is 6.49. The van der Waals surface area contributed by atoms with Crippen LogP contribution in [0.25, 0.3) is 0 Å². The molecule has 4 nitrogen and oxygen atoms in total. The molecule has 0 heterocycles. The van der Waals surface area contributed by atoms with E-state index < -0.39 is 11.7 Å². The SMILES string of the molecule is CCN(C(=O)OC(C)(C)C)[C@@H](CS)C(=S)OC. The maximum atomic E-state index is 12.0. The lowest BCUT2D eigenvalue weighted by atomic mass is 10.2. The highest BCUT2D eigenvalue weighted by Crippen LogP contribution is 2.13. The molecule has 0 fully saturated rings. The number of ether oxygens (including phenoxy) is 2. The van der Waals surface area contributed by atoms with Crippen LogP contribution in [0.5, 0.6) is 0 Å². The average molecular weight is 279 g/mol. The minimum atomic E-state index is -0.527. The minimum Gasteiger partial charge on any atom is -0.488 e. The van der Waals surface area contributed by atoms with Gasteiger partial charge in [-0.25, -0.2) is 4.79 Å². The number of carbonyl (C=O) groups is 1. The van der Waals surface area contributed by atoms with Gasteiger partial charge in [0, 0.05) is 12.3 Å². The topological polar surface area (TPSA) is 38.8 Å². The zero-order chi connectivity index (χ0) is 13.6. The molecule has 0 aromatic carbocycles. The molecule has 0 bridgehead atoms. The number of likely N-dealkylation sites (N-methyl/N-ethyl adjacent to an activating group) is 1. The van der Waals surface area contributed by atoms with Gasteiger partial charge in [-0.3, -0.25) is 4.90 Å². The van der Waals surface area contributed by atoms with Crippen molar-refractivity contribution < 1.29 is 14.3 Å². The Kier molecular flexibility index (Phi) is 6.85. The number of amides is 1. The van der Waals surface area contributed by atoms with Gasteiger partial charge in [0.25, 0.3) is 0 Å². The molecule has 0 aliphatic carbocycles. The Labute approximate surface area is 114 Å². The van der Waals surface area contributed by atoms with Gasteiger partial charge in [-0.05, 0) is 39.9 Å². The van der Waals surface area contributed by atoms with E-state index in [-0.39, 0.29) is 6.04 Å². The summed E-state index contributed by atoms with van der Waals surface area (Å²) in [4.78, 5) is 13.5. The van der Waals surface area contributed by atoms with E-state index in [1.54, 1.807) is 0 Å². The van der Waals surface area contributed by atoms with Gasteiger partial charge in [0.1, 0.15) is 11.6 Å². The van der Waals surface area contributed by atoms with Crippen molar-refractivity contribution in [2.45, 2.75) is 39.3 Å². The predicted molar refractivity (Wildman–Crippen MR) is 75.9 cm³/mol. The van der Waals surface area contributed by atoms with E-state index in [4.69, 9.17) is 21.7 Å². The highest BCUT2D eigenvalue weighted by atomic mass is 32.1. The fraction of sp³-hybridized carbons (Fsp3) is 0.818. The summed E-state index contributed by atoms with van der Waals surface area (Å²) in [6.07, 6.45) is -0.404. The first-order valence-electron chi connectivity index (χ1n) is 5.45. The van der Waals surface area contributed by atoms with Crippen LogP contribution in [-0.2, 0) is 9.47 Å². The van der Waals surface area contributed by atoms with Gasteiger partial charge >= 0.3 is 6.09 Å². The van der Waals surface area contributed by atoms with Gasteiger partial charge in [-0.15, -0.1) is 0 Å². The molecule has 0 aromatic heterocycles. The predicted octanol–water partition coefficient (Wildman–Crippen LogP) is 2.52. The van der Waals surface area contributed by atoms with E-state index in [0.29, 0.717) is 17.3 Å². The summed E-state index contributed by atoms with van der Waals surface area (Å²) in [6.45, 7) is 7.82. The third-order valence-electron chi connectivity index (χ3n) is 1.99. The van der Waals surface area contributed by atoms with Crippen molar-refractivity contribution in [2.24, 2.45) is 0 Å². The lowest BCUT2D eigenvalue weighted by Crippen LogP contribution is -2.48. The van der Waals surface area contributed by atoms with Gasteiger partial charge in [-0.1, -0.05) is 0 Å². The maximum Gasteiger partial charge on any atom is 0.410 e. The van der Waals surface area contributed by atoms with Gasteiger partial charge in [0.05, 0.1) is 7.11 Å². The summed E-state index contributed by atoms with van der Waals surface area (Å²) in [5.41, 5.74) is -0.527. The lowest BCUT2D eigenvalue weighted by molar-refractivity contribution is 0.0228. The second kappa shape index (κ2) is 7.06. The van der Waals surface area contributed by atoms with Crippen LogP contribution < -0.4 is 0 Å². The van der Waals surface area contributed by atoms with Crippen molar-refractivity contribution in [1.29, 1.82) is 0 Å². The number of rotatable bonds is 4. The minimum absolute atomic E-state index is 0.340. The molecule has 0 spiro atoms. The molecule has 0 radical (unpaired) electrons. The molecule has 0 rings (SSSR count). The molecular formula is C11H21NO3S2. The fourth-order valence-corrected chi connectivity index (χ4v) is 1.93. The largest absolute Gasteiger partial charge is 0.488 e. The zero-order valence-electron chi connectivity index (χ0n) is 11.0. The number of hydrogen-bond acceptors (Lipinski definition) is 5. The molecule has 0 unspecified atom stereocenters. The van der Waals surface area contributed by atoms with Crippen LogP contribution in [-0.4, -0.2) is 47.1 Å². The highest BCUT2D eigenvalue weighted by molar-refractivity contribution is 7.81. The van der Waals surface area contributed by atoms with Crippen molar-refractivity contribution in [3.05, 3.63) is 0 Å². The van der Waals surface area contributed by atoms with E-state index in [1.165, 1.54) is 12.0 Å². The van der Waals surface area contributed by atoms with Crippen LogP contribution in [0.3, 0.4) is 0 Å². The van der Waals surface area contributed by atoms with Crippen molar-refractivity contribution in [1.82, 2.24) is 4.90 Å². The standard InChI is InChI=1S/C11H21NO3S2/c1-6-12(8(7-16)9(17)14-5)10(13)15-11(2,3)4/h8,16H,6-7H2,1-5H3/t8-/m0/s1.